The highest BCUT2D eigenvalue weighted by Gasteiger charge is 2.25. The van der Waals surface area contributed by atoms with E-state index in [2.05, 4.69) is 20.4 Å². The molecule has 0 fully saturated rings. The van der Waals surface area contributed by atoms with Crippen molar-refractivity contribution in [3.05, 3.63) is 66.3 Å². The average molecular weight is 438 g/mol. The lowest BCUT2D eigenvalue weighted by molar-refractivity contribution is -0.122. The highest BCUT2D eigenvalue weighted by Crippen LogP contribution is 2.24. The normalized spacial score (nSPS) is 12.4. The molecule has 3 aromatic rings. The molecule has 1 amide bonds. The molecule has 0 aliphatic rings. The molecule has 0 radical (unpaired) electrons. The number of nitrogens with one attached hydrogen (secondary N) is 1. The molecule has 29 heavy (non-hydrogen) atoms. The van der Waals surface area contributed by atoms with E-state index in [0.29, 0.717) is 11.7 Å². The van der Waals surface area contributed by atoms with Gasteiger partial charge in [0, 0.05) is 30.4 Å². The van der Waals surface area contributed by atoms with Crippen molar-refractivity contribution in [1.29, 1.82) is 0 Å². The van der Waals surface area contributed by atoms with Crippen molar-refractivity contribution in [3.63, 3.8) is 0 Å². The minimum absolute atomic E-state index is 0. The van der Waals surface area contributed by atoms with Crippen molar-refractivity contribution < 1.29 is 9.32 Å². The van der Waals surface area contributed by atoms with Gasteiger partial charge >= 0.3 is 0 Å². The first kappa shape index (κ1) is 24.6. The zero-order valence-corrected chi connectivity index (χ0v) is 17.8. The Morgan fingerprint density at radius 1 is 1.10 bits per heavy atom. The molecule has 2 heterocycles. The summed E-state index contributed by atoms with van der Waals surface area (Å²) in [5, 5.41) is 6.99. The average Bonchev–Trinajstić information content (AvgIpc) is 3.17. The van der Waals surface area contributed by atoms with Crippen LogP contribution in [0.25, 0.3) is 11.4 Å². The van der Waals surface area contributed by atoms with Gasteiger partial charge in [0.2, 0.25) is 17.6 Å². The summed E-state index contributed by atoms with van der Waals surface area (Å²) in [6, 6.07) is 12.4. The second kappa shape index (κ2) is 11.5. The minimum Gasteiger partial charge on any atom is -0.344 e. The van der Waals surface area contributed by atoms with Gasteiger partial charge in [0.25, 0.3) is 0 Å². The highest BCUT2D eigenvalue weighted by molar-refractivity contribution is 5.85. The van der Waals surface area contributed by atoms with Gasteiger partial charge < -0.3 is 15.6 Å². The fourth-order valence-corrected chi connectivity index (χ4v) is 2.74. The first-order chi connectivity index (χ1) is 13.0. The summed E-state index contributed by atoms with van der Waals surface area (Å²) in [5.74, 6) is 0.757. The van der Waals surface area contributed by atoms with Crippen LogP contribution in [0.1, 0.15) is 43.8 Å². The molecule has 0 saturated heterocycles. The molecule has 9 heteroatoms. The van der Waals surface area contributed by atoms with Crippen LogP contribution >= 0.6 is 24.8 Å². The maximum atomic E-state index is 12.5. The number of carbonyl (C=O) groups is 1. The molecular weight excluding hydrogens is 413 g/mol. The van der Waals surface area contributed by atoms with Crippen molar-refractivity contribution in [1.82, 2.24) is 20.4 Å². The number of aromatic nitrogens is 3. The standard InChI is InChI=1S/C20H23N5O2.2ClH/c1-13(2)18(20-24-19(25-27-20)15-8-10-22-11-9-15)23-17(26)12-16(21)14-6-4-3-5-7-14;;/h3-11,13,16,18H,12,21H2,1-2H3,(H,23,26);2*1H. The van der Waals surface area contributed by atoms with Crippen LogP contribution in [0.4, 0.5) is 0 Å². The number of hydrogen-bond donors (Lipinski definition) is 2. The minimum atomic E-state index is -0.386. The fraction of sp³-hybridized carbons (Fsp3) is 0.300. The number of benzene rings is 1. The van der Waals surface area contributed by atoms with E-state index in [-0.39, 0.29) is 55.1 Å². The first-order valence-electron chi connectivity index (χ1n) is 8.88. The molecule has 0 aliphatic carbocycles. The molecule has 2 atom stereocenters. The number of amides is 1. The zero-order chi connectivity index (χ0) is 19.2. The molecule has 0 aliphatic heterocycles. The Morgan fingerprint density at radius 3 is 2.38 bits per heavy atom. The third-order valence-corrected chi connectivity index (χ3v) is 4.26. The van der Waals surface area contributed by atoms with Crippen molar-refractivity contribution in [2.75, 3.05) is 0 Å². The van der Waals surface area contributed by atoms with Crippen molar-refractivity contribution >= 4 is 30.7 Å². The Kier molecular flexibility index (Phi) is 9.74. The third-order valence-electron chi connectivity index (χ3n) is 4.26. The van der Waals surface area contributed by atoms with E-state index < -0.39 is 0 Å². The number of carbonyl (C=O) groups excluding carboxylic acids is 1. The number of pyridine rings is 1. The topological polar surface area (TPSA) is 107 Å². The lowest BCUT2D eigenvalue weighted by Crippen LogP contribution is -2.34. The van der Waals surface area contributed by atoms with Gasteiger partial charge in [0.15, 0.2) is 0 Å². The van der Waals surface area contributed by atoms with Crippen LogP contribution in [0.15, 0.2) is 59.4 Å². The van der Waals surface area contributed by atoms with Gasteiger partial charge in [0.05, 0.1) is 0 Å². The molecule has 3 rings (SSSR count). The zero-order valence-electron chi connectivity index (χ0n) is 16.2. The van der Waals surface area contributed by atoms with E-state index in [1.54, 1.807) is 24.5 Å². The van der Waals surface area contributed by atoms with Crippen molar-refractivity contribution in [3.8, 4) is 11.4 Å². The SMILES string of the molecule is CC(C)C(NC(=O)CC(N)c1ccccc1)c1nc(-c2ccncc2)no1.Cl.Cl. The Morgan fingerprint density at radius 2 is 1.76 bits per heavy atom. The number of halogens is 2. The number of hydrogen-bond acceptors (Lipinski definition) is 6. The van der Waals surface area contributed by atoms with Crippen LogP contribution < -0.4 is 11.1 Å². The largest absolute Gasteiger partial charge is 0.344 e. The van der Waals surface area contributed by atoms with E-state index in [1.165, 1.54) is 0 Å². The van der Waals surface area contributed by atoms with Gasteiger partial charge in [-0.25, -0.2) is 0 Å². The Balaban J connectivity index is 0.00000210. The molecule has 3 N–H and O–H groups in total. The third kappa shape index (κ3) is 6.52. The van der Waals surface area contributed by atoms with Gasteiger partial charge in [-0.05, 0) is 23.6 Å². The van der Waals surface area contributed by atoms with E-state index in [0.717, 1.165) is 11.1 Å². The first-order valence-corrected chi connectivity index (χ1v) is 8.88. The van der Waals surface area contributed by atoms with Crippen LogP contribution in [0.3, 0.4) is 0 Å². The van der Waals surface area contributed by atoms with Crippen molar-refractivity contribution in [2.24, 2.45) is 11.7 Å². The molecule has 2 aromatic heterocycles. The molecule has 0 spiro atoms. The number of nitrogens with two attached hydrogens (primary N) is 1. The van der Waals surface area contributed by atoms with Crippen LogP contribution in [0.2, 0.25) is 0 Å². The smallest absolute Gasteiger partial charge is 0.249 e. The van der Waals surface area contributed by atoms with E-state index >= 15 is 0 Å². The summed E-state index contributed by atoms with van der Waals surface area (Å²) in [5.41, 5.74) is 7.88. The maximum absolute atomic E-state index is 12.5. The molecule has 2 unspecified atom stereocenters. The monoisotopic (exact) mass is 437 g/mol. The molecule has 0 bridgehead atoms. The van der Waals surface area contributed by atoms with E-state index in [9.17, 15) is 4.79 Å². The molecule has 1 aromatic carbocycles. The van der Waals surface area contributed by atoms with Crippen molar-refractivity contribution in [2.45, 2.75) is 32.4 Å². The van der Waals surface area contributed by atoms with Gasteiger partial charge in [-0.3, -0.25) is 9.78 Å². The van der Waals surface area contributed by atoms with Gasteiger partial charge in [-0.15, -0.1) is 24.8 Å². The lowest BCUT2D eigenvalue weighted by Gasteiger charge is -2.20. The van der Waals surface area contributed by atoms with Gasteiger partial charge in [-0.2, -0.15) is 4.98 Å². The Hall–Kier alpha value is -2.48. The van der Waals surface area contributed by atoms with Crippen LogP contribution in [-0.2, 0) is 4.79 Å². The Labute approximate surface area is 182 Å². The fourth-order valence-electron chi connectivity index (χ4n) is 2.74. The second-order valence-electron chi connectivity index (χ2n) is 6.70. The predicted octanol–water partition coefficient (Wildman–Crippen LogP) is 3.88. The van der Waals surface area contributed by atoms with Crippen LogP contribution in [0.5, 0.6) is 0 Å². The molecule has 7 nitrogen and oxygen atoms in total. The molecule has 156 valence electrons. The van der Waals surface area contributed by atoms with Gasteiger partial charge in [-0.1, -0.05) is 49.3 Å². The van der Waals surface area contributed by atoms with Crippen LogP contribution in [0, 0.1) is 5.92 Å². The highest BCUT2D eigenvalue weighted by atomic mass is 35.5. The number of nitrogens with zero attached hydrogens (tertiary/aromatic N) is 3. The van der Waals surface area contributed by atoms with Gasteiger partial charge in [0.1, 0.15) is 6.04 Å². The summed E-state index contributed by atoms with van der Waals surface area (Å²) >= 11 is 0. The van der Waals surface area contributed by atoms with E-state index in [4.69, 9.17) is 10.3 Å². The summed E-state index contributed by atoms with van der Waals surface area (Å²) in [6.45, 7) is 3.97. The van der Waals surface area contributed by atoms with E-state index in [1.807, 2.05) is 44.2 Å². The quantitative estimate of drug-likeness (QED) is 0.580. The Bertz CT molecular complexity index is 875. The predicted molar refractivity (Wildman–Crippen MR) is 116 cm³/mol. The maximum Gasteiger partial charge on any atom is 0.249 e. The molecular formula is C20H25Cl2N5O2. The number of rotatable bonds is 7. The van der Waals surface area contributed by atoms with Crippen LogP contribution in [-0.4, -0.2) is 21.0 Å². The molecule has 0 saturated carbocycles. The summed E-state index contributed by atoms with van der Waals surface area (Å²) in [7, 11) is 0. The second-order valence-corrected chi connectivity index (χ2v) is 6.70. The lowest BCUT2D eigenvalue weighted by atomic mass is 10.0. The summed E-state index contributed by atoms with van der Waals surface area (Å²) in [4.78, 5) is 20.9. The summed E-state index contributed by atoms with van der Waals surface area (Å²) < 4.78 is 5.41. The summed E-state index contributed by atoms with van der Waals surface area (Å²) in [6.07, 6.45) is 3.51.